The molecule has 0 radical (unpaired) electrons. The van der Waals surface area contributed by atoms with Crippen LogP contribution in [0.3, 0.4) is 0 Å². The Hall–Kier alpha value is -0.860. The van der Waals surface area contributed by atoms with Crippen LogP contribution in [-0.4, -0.2) is 12.4 Å². The number of hydrogen-bond acceptors (Lipinski definition) is 2. The van der Waals surface area contributed by atoms with Gasteiger partial charge < -0.3 is 9.64 Å². The maximum Gasteiger partial charge on any atom is 0.151 e. The van der Waals surface area contributed by atoms with Gasteiger partial charge in [-0.3, -0.25) is 0 Å². The van der Waals surface area contributed by atoms with Gasteiger partial charge in [0, 0.05) is 29.7 Å². The topological polar surface area (TPSA) is 12.5 Å². The second kappa shape index (κ2) is 4.77. The molecule has 15 heavy (non-hydrogen) atoms. The summed E-state index contributed by atoms with van der Waals surface area (Å²) in [6.45, 7) is 0.887. The van der Waals surface area contributed by atoms with Crippen molar-refractivity contribution in [1.29, 1.82) is 0 Å². The SMILES string of the molecule is ClCCCN1C=COc2cc(Cl)ccc21. The molecule has 1 heterocycles. The standard InChI is InChI=1S/C11H11Cl2NO/c12-4-1-5-14-6-7-15-11-8-9(13)2-3-10(11)14/h2-3,6-8H,1,4-5H2. The van der Waals surface area contributed by atoms with Crippen molar-refractivity contribution < 1.29 is 4.74 Å². The molecule has 0 aromatic heterocycles. The largest absolute Gasteiger partial charge is 0.461 e. The van der Waals surface area contributed by atoms with Crippen LogP contribution in [0.1, 0.15) is 6.42 Å². The lowest BCUT2D eigenvalue weighted by Crippen LogP contribution is -2.21. The predicted molar refractivity (Wildman–Crippen MR) is 63.9 cm³/mol. The lowest BCUT2D eigenvalue weighted by Gasteiger charge is -2.25. The van der Waals surface area contributed by atoms with E-state index in [9.17, 15) is 0 Å². The molecule has 0 amide bonds. The zero-order valence-electron chi connectivity index (χ0n) is 8.12. The van der Waals surface area contributed by atoms with Gasteiger partial charge in [-0.25, -0.2) is 0 Å². The van der Waals surface area contributed by atoms with E-state index in [1.165, 1.54) is 0 Å². The van der Waals surface area contributed by atoms with Gasteiger partial charge in [-0.05, 0) is 18.6 Å². The van der Waals surface area contributed by atoms with E-state index < -0.39 is 0 Å². The Balaban J connectivity index is 2.22. The van der Waals surface area contributed by atoms with Crippen LogP contribution in [0.2, 0.25) is 5.02 Å². The first kappa shape index (κ1) is 10.7. The minimum Gasteiger partial charge on any atom is -0.461 e. The second-order valence-electron chi connectivity index (χ2n) is 3.25. The van der Waals surface area contributed by atoms with Crippen molar-refractivity contribution in [2.75, 3.05) is 17.3 Å². The molecular weight excluding hydrogens is 233 g/mol. The molecule has 1 aliphatic rings. The predicted octanol–water partition coefficient (Wildman–Crippen LogP) is 3.64. The Morgan fingerprint density at radius 3 is 3.00 bits per heavy atom. The van der Waals surface area contributed by atoms with E-state index in [-0.39, 0.29) is 0 Å². The fourth-order valence-corrected chi connectivity index (χ4v) is 1.78. The average Bonchev–Trinajstić information content (AvgIpc) is 2.25. The van der Waals surface area contributed by atoms with E-state index >= 15 is 0 Å². The van der Waals surface area contributed by atoms with E-state index in [0.29, 0.717) is 10.9 Å². The lowest BCUT2D eigenvalue weighted by molar-refractivity contribution is 0.469. The number of alkyl halides is 1. The molecule has 0 N–H and O–H groups in total. The van der Waals surface area contributed by atoms with E-state index in [2.05, 4.69) is 4.90 Å². The van der Waals surface area contributed by atoms with E-state index in [1.54, 1.807) is 6.26 Å². The van der Waals surface area contributed by atoms with Crippen LogP contribution in [0, 0.1) is 0 Å². The second-order valence-corrected chi connectivity index (χ2v) is 4.07. The molecule has 1 aliphatic heterocycles. The van der Waals surface area contributed by atoms with Crippen molar-refractivity contribution >= 4 is 28.9 Å². The fraction of sp³-hybridized carbons (Fsp3) is 0.273. The Bertz CT molecular complexity index is 379. The molecule has 0 unspecified atom stereocenters. The molecule has 1 aromatic rings. The van der Waals surface area contributed by atoms with Crippen molar-refractivity contribution in [2.45, 2.75) is 6.42 Å². The van der Waals surface area contributed by atoms with Crippen LogP contribution in [-0.2, 0) is 0 Å². The normalized spacial score (nSPS) is 13.6. The Morgan fingerprint density at radius 2 is 2.20 bits per heavy atom. The number of fused-ring (bicyclic) bond motifs is 1. The first-order valence-electron chi connectivity index (χ1n) is 4.77. The van der Waals surface area contributed by atoms with Gasteiger partial charge in [0.25, 0.3) is 0 Å². The van der Waals surface area contributed by atoms with Crippen molar-refractivity contribution in [3.8, 4) is 5.75 Å². The molecule has 0 saturated carbocycles. The molecule has 0 saturated heterocycles. The van der Waals surface area contributed by atoms with Crippen LogP contribution >= 0.6 is 23.2 Å². The number of hydrogen-bond donors (Lipinski definition) is 0. The van der Waals surface area contributed by atoms with Gasteiger partial charge in [-0.2, -0.15) is 0 Å². The number of benzene rings is 1. The molecule has 1 aromatic carbocycles. The van der Waals surface area contributed by atoms with Gasteiger partial charge in [0.1, 0.15) is 6.26 Å². The summed E-state index contributed by atoms with van der Waals surface area (Å²) in [5, 5.41) is 0.682. The highest BCUT2D eigenvalue weighted by atomic mass is 35.5. The lowest BCUT2D eigenvalue weighted by atomic mass is 10.2. The van der Waals surface area contributed by atoms with Crippen molar-refractivity contribution in [3.63, 3.8) is 0 Å². The molecule has 2 rings (SSSR count). The molecule has 0 atom stereocenters. The van der Waals surface area contributed by atoms with Gasteiger partial charge >= 0.3 is 0 Å². The van der Waals surface area contributed by atoms with Crippen molar-refractivity contribution in [2.24, 2.45) is 0 Å². The third-order valence-electron chi connectivity index (χ3n) is 2.20. The highest BCUT2D eigenvalue weighted by Gasteiger charge is 2.13. The summed E-state index contributed by atoms with van der Waals surface area (Å²) < 4.78 is 5.37. The molecule has 0 spiro atoms. The summed E-state index contributed by atoms with van der Waals surface area (Å²) in [5.41, 5.74) is 1.03. The van der Waals surface area contributed by atoms with Gasteiger partial charge in [-0.1, -0.05) is 11.6 Å². The van der Waals surface area contributed by atoms with Crippen LogP contribution in [0.4, 0.5) is 5.69 Å². The van der Waals surface area contributed by atoms with Gasteiger partial charge in [0.15, 0.2) is 5.75 Å². The monoisotopic (exact) mass is 243 g/mol. The quantitative estimate of drug-likeness (QED) is 0.752. The first-order chi connectivity index (χ1) is 7.31. The summed E-state index contributed by atoms with van der Waals surface area (Å²) in [6.07, 6.45) is 4.50. The van der Waals surface area contributed by atoms with Gasteiger partial charge in [0.2, 0.25) is 0 Å². The maximum absolute atomic E-state index is 5.88. The fourth-order valence-electron chi connectivity index (χ4n) is 1.50. The van der Waals surface area contributed by atoms with Crippen molar-refractivity contribution in [3.05, 3.63) is 35.7 Å². The minimum absolute atomic E-state index is 0.661. The zero-order chi connectivity index (χ0) is 10.7. The summed E-state index contributed by atoms with van der Waals surface area (Å²) >= 11 is 11.6. The van der Waals surface area contributed by atoms with Crippen LogP contribution in [0.15, 0.2) is 30.7 Å². The number of nitrogens with zero attached hydrogens (tertiary/aromatic N) is 1. The molecule has 0 bridgehead atoms. The summed E-state index contributed by atoms with van der Waals surface area (Å²) in [4.78, 5) is 2.11. The van der Waals surface area contributed by atoms with Crippen LogP contribution in [0.5, 0.6) is 5.75 Å². The van der Waals surface area contributed by atoms with E-state index in [4.69, 9.17) is 27.9 Å². The minimum atomic E-state index is 0.661. The highest BCUT2D eigenvalue weighted by Crippen LogP contribution is 2.34. The van der Waals surface area contributed by atoms with Gasteiger partial charge in [-0.15, -0.1) is 11.6 Å². The average molecular weight is 244 g/mol. The molecule has 80 valence electrons. The Labute approximate surface area is 99.0 Å². The van der Waals surface area contributed by atoms with E-state index in [1.807, 2.05) is 24.4 Å². The Morgan fingerprint density at radius 1 is 1.33 bits per heavy atom. The number of anilines is 1. The Kier molecular flexibility index (Phi) is 3.39. The summed E-state index contributed by atoms with van der Waals surface area (Å²) in [5.74, 6) is 1.45. The highest BCUT2D eigenvalue weighted by molar-refractivity contribution is 6.30. The first-order valence-corrected chi connectivity index (χ1v) is 5.68. The van der Waals surface area contributed by atoms with Crippen molar-refractivity contribution in [1.82, 2.24) is 0 Å². The zero-order valence-corrected chi connectivity index (χ0v) is 9.63. The molecule has 2 nitrogen and oxygen atoms in total. The smallest absolute Gasteiger partial charge is 0.151 e. The third kappa shape index (κ3) is 2.39. The number of rotatable bonds is 3. The molecule has 4 heteroatoms. The summed E-state index contributed by atoms with van der Waals surface area (Å²) in [6, 6.07) is 5.63. The summed E-state index contributed by atoms with van der Waals surface area (Å²) in [7, 11) is 0. The molecule has 0 aliphatic carbocycles. The van der Waals surface area contributed by atoms with Crippen LogP contribution < -0.4 is 9.64 Å². The van der Waals surface area contributed by atoms with Gasteiger partial charge in [0.05, 0.1) is 5.69 Å². The maximum atomic E-state index is 5.88. The third-order valence-corrected chi connectivity index (χ3v) is 2.70. The number of halogens is 2. The molecular formula is C11H11Cl2NO. The van der Waals surface area contributed by atoms with Crippen LogP contribution in [0.25, 0.3) is 0 Å². The number of ether oxygens (including phenoxy) is 1. The van der Waals surface area contributed by atoms with E-state index in [0.717, 1.165) is 24.4 Å². The molecule has 0 fully saturated rings.